The molecule has 4 rings (SSSR count). The molecule has 144 valence electrons. The molecule has 0 aliphatic heterocycles. The number of rotatable bonds is 7. The van der Waals surface area contributed by atoms with Gasteiger partial charge in [0, 0.05) is 37.1 Å². The Balaban J connectivity index is 1.76. The first kappa shape index (κ1) is 18.3. The van der Waals surface area contributed by atoms with Crippen LogP contribution in [0.5, 0.6) is 0 Å². The Morgan fingerprint density at radius 1 is 0.893 bits per heavy atom. The minimum absolute atomic E-state index is 0.709. The molecule has 0 saturated carbocycles. The second-order valence-electron chi connectivity index (χ2n) is 6.89. The van der Waals surface area contributed by atoms with E-state index in [1.807, 2.05) is 16.9 Å². The van der Waals surface area contributed by atoms with E-state index in [-0.39, 0.29) is 0 Å². The molecular formula is C23H27N5. The van der Waals surface area contributed by atoms with Gasteiger partial charge in [0.1, 0.15) is 5.82 Å². The van der Waals surface area contributed by atoms with E-state index in [9.17, 15) is 0 Å². The van der Waals surface area contributed by atoms with Crippen LogP contribution in [0.4, 0.5) is 5.69 Å². The number of para-hydroxylation sites is 2. The Hall–Kier alpha value is -3.08. The van der Waals surface area contributed by atoms with Crippen molar-refractivity contribution in [3.05, 3.63) is 66.5 Å². The molecule has 0 N–H and O–H groups in total. The summed E-state index contributed by atoms with van der Waals surface area (Å²) in [5.74, 6) is 0.985. The van der Waals surface area contributed by atoms with Crippen LogP contribution in [0, 0.1) is 0 Å². The molecule has 5 nitrogen and oxygen atoms in total. The molecule has 0 radical (unpaired) electrons. The zero-order valence-corrected chi connectivity index (χ0v) is 16.8. The van der Waals surface area contributed by atoms with Crippen LogP contribution < -0.4 is 4.90 Å². The Morgan fingerprint density at radius 3 is 2.32 bits per heavy atom. The largest absolute Gasteiger partial charge is 0.372 e. The van der Waals surface area contributed by atoms with Crippen LogP contribution in [0.25, 0.3) is 22.4 Å². The minimum Gasteiger partial charge on any atom is -0.372 e. The smallest absolute Gasteiger partial charge is 0.141 e. The molecular weight excluding hydrogens is 346 g/mol. The fraction of sp³-hybridized carbons (Fsp3) is 0.304. The molecule has 0 unspecified atom stereocenters. The summed E-state index contributed by atoms with van der Waals surface area (Å²) in [5, 5.41) is 4.67. The van der Waals surface area contributed by atoms with E-state index in [0.717, 1.165) is 47.7 Å². The fourth-order valence-corrected chi connectivity index (χ4v) is 3.69. The molecule has 2 heterocycles. The highest BCUT2D eigenvalue weighted by atomic mass is 15.3. The van der Waals surface area contributed by atoms with Crippen molar-refractivity contribution in [2.75, 3.05) is 18.0 Å². The highest BCUT2D eigenvalue weighted by molar-refractivity contribution is 5.81. The summed E-state index contributed by atoms with van der Waals surface area (Å²) in [4.78, 5) is 7.29. The molecule has 0 aliphatic rings. The molecule has 2 aromatic carbocycles. The van der Waals surface area contributed by atoms with Gasteiger partial charge in [-0.15, -0.1) is 0 Å². The molecule has 5 heteroatoms. The Bertz CT molecular complexity index is 1050. The number of nitrogens with zero attached hydrogens (tertiary/aromatic N) is 5. The number of hydrogen-bond acceptors (Lipinski definition) is 3. The van der Waals surface area contributed by atoms with Crippen LogP contribution in [-0.2, 0) is 13.1 Å². The van der Waals surface area contributed by atoms with Crippen molar-refractivity contribution in [2.45, 2.75) is 33.9 Å². The third kappa shape index (κ3) is 3.40. The first-order valence-corrected chi connectivity index (χ1v) is 10.1. The maximum Gasteiger partial charge on any atom is 0.141 e. The zero-order valence-electron chi connectivity index (χ0n) is 16.8. The molecule has 0 fully saturated rings. The average Bonchev–Trinajstić information content (AvgIpc) is 3.35. The summed E-state index contributed by atoms with van der Waals surface area (Å²) in [5.41, 5.74) is 5.57. The minimum atomic E-state index is 0.709. The second kappa shape index (κ2) is 7.89. The van der Waals surface area contributed by atoms with Gasteiger partial charge in [-0.2, -0.15) is 5.10 Å². The summed E-state index contributed by atoms with van der Waals surface area (Å²) in [6.07, 6.45) is 2.03. The standard InChI is InChI=1S/C23H27N5/c1-4-26(5-2)20-13-11-18(12-14-20)23-24-21-9-7-8-10-22(21)28(23)17-19-15-16-27(6-3)25-19/h7-16H,4-6,17H2,1-3H3. The second-order valence-corrected chi connectivity index (χ2v) is 6.89. The monoisotopic (exact) mass is 373 g/mol. The van der Waals surface area contributed by atoms with Gasteiger partial charge in [-0.05, 0) is 63.2 Å². The molecule has 0 saturated heterocycles. The Labute approximate surface area is 166 Å². The van der Waals surface area contributed by atoms with Gasteiger partial charge in [0.05, 0.1) is 23.3 Å². The Kier molecular flexibility index (Phi) is 5.15. The van der Waals surface area contributed by atoms with Gasteiger partial charge in [-0.1, -0.05) is 12.1 Å². The fourth-order valence-electron chi connectivity index (χ4n) is 3.69. The van der Waals surface area contributed by atoms with E-state index >= 15 is 0 Å². The lowest BCUT2D eigenvalue weighted by atomic mass is 10.1. The van der Waals surface area contributed by atoms with Gasteiger partial charge in [-0.3, -0.25) is 4.68 Å². The third-order valence-corrected chi connectivity index (χ3v) is 5.25. The predicted octanol–water partition coefficient (Wildman–Crippen LogP) is 4.81. The van der Waals surface area contributed by atoms with Crippen LogP contribution in [0.15, 0.2) is 60.8 Å². The first-order valence-electron chi connectivity index (χ1n) is 10.1. The van der Waals surface area contributed by atoms with E-state index in [0.29, 0.717) is 6.54 Å². The summed E-state index contributed by atoms with van der Waals surface area (Å²) in [6.45, 7) is 10.1. The van der Waals surface area contributed by atoms with Crippen LogP contribution in [-0.4, -0.2) is 32.4 Å². The number of anilines is 1. The van der Waals surface area contributed by atoms with Gasteiger partial charge in [0.2, 0.25) is 0 Å². The first-order chi connectivity index (χ1) is 13.7. The van der Waals surface area contributed by atoms with E-state index < -0.39 is 0 Å². The number of benzene rings is 2. The predicted molar refractivity (Wildman–Crippen MR) is 116 cm³/mol. The van der Waals surface area contributed by atoms with Crippen molar-refractivity contribution in [3.63, 3.8) is 0 Å². The lowest BCUT2D eigenvalue weighted by molar-refractivity contribution is 0.639. The highest BCUT2D eigenvalue weighted by Crippen LogP contribution is 2.27. The van der Waals surface area contributed by atoms with Gasteiger partial charge in [-0.25, -0.2) is 4.98 Å². The topological polar surface area (TPSA) is 38.9 Å². The molecule has 4 aromatic rings. The van der Waals surface area contributed by atoms with Crippen molar-refractivity contribution >= 4 is 16.7 Å². The summed E-state index contributed by atoms with van der Waals surface area (Å²) >= 11 is 0. The van der Waals surface area contributed by atoms with Gasteiger partial charge < -0.3 is 9.47 Å². The molecule has 0 amide bonds. The normalized spacial score (nSPS) is 11.2. The van der Waals surface area contributed by atoms with Crippen molar-refractivity contribution in [2.24, 2.45) is 0 Å². The van der Waals surface area contributed by atoms with Gasteiger partial charge in [0.15, 0.2) is 0 Å². The zero-order chi connectivity index (χ0) is 19.5. The van der Waals surface area contributed by atoms with E-state index in [4.69, 9.17) is 4.98 Å². The highest BCUT2D eigenvalue weighted by Gasteiger charge is 2.14. The molecule has 0 aliphatic carbocycles. The average molecular weight is 374 g/mol. The van der Waals surface area contributed by atoms with E-state index in [1.54, 1.807) is 0 Å². The number of aryl methyl sites for hydroxylation is 1. The SMILES string of the molecule is CCN(CC)c1ccc(-c2nc3ccccc3n2Cc2ccn(CC)n2)cc1. The molecule has 0 spiro atoms. The van der Waals surface area contributed by atoms with Crippen LogP contribution in [0.1, 0.15) is 26.5 Å². The van der Waals surface area contributed by atoms with Crippen molar-refractivity contribution < 1.29 is 0 Å². The van der Waals surface area contributed by atoms with Crippen molar-refractivity contribution in [3.8, 4) is 11.4 Å². The maximum atomic E-state index is 4.94. The summed E-state index contributed by atoms with van der Waals surface area (Å²) in [7, 11) is 0. The molecule has 0 atom stereocenters. The van der Waals surface area contributed by atoms with Gasteiger partial charge >= 0.3 is 0 Å². The Morgan fingerprint density at radius 2 is 1.64 bits per heavy atom. The number of fused-ring (bicyclic) bond motifs is 1. The summed E-state index contributed by atoms with van der Waals surface area (Å²) in [6, 6.07) is 19.1. The van der Waals surface area contributed by atoms with Crippen molar-refractivity contribution in [1.82, 2.24) is 19.3 Å². The number of aromatic nitrogens is 4. The molecule has 0 bridgehead atoms. The van der Waals surface area contributed by atoms with Crippen LogP contribution in [0.3, 0.4) is 0 Å². The number of hydrogen-bond donors (Lipinski definition) is 0. The van der Waals surface area contributed by atoms with E-state index in [1.165, 1.54) is 5.69 Å². The quantitative estimate of drug-likeness (QED) is 0.466. The van der Waals surface area contributed by atoms with Gasteiger partial charge in [0.25, 0.3) is 0 Å². The molecule has 2 aromatic heterocycles. The van der Waals surface area contributed by atoms with Crippen LogP contribution >= 0.6 is 0 Å². The summed E-state index contributed by atoms with van der Waals surface area (Å²) < 4.78 is 4.23. The van der Waals surface area contributed by atoms with Crippen molar-refractivity contribution in [1.29, 1.82) is 0 Å². The lowest BCUT2D eigenvalue weighted by Gasteiger charge is -2.21. The van der Waals surface area contributed by atoms with E-state index in [2.05, 4.69) is 83.9 Å². The third-order valence-electron chi connectivity index (χ3n) is 5.25. The number of imidazole rings is 1. The maximum absolute atomic E-state index is 4.94. The lowest BCUT2D eigenvalue weighted by Crippen LogP contribution is -2.21. The molecule has 28 heavy (non-hydrogen) atoms. The van der Waals surface area contributed by atoms with Crippen LogP contribution in [0.2, 0.25) is 0 Å².